The molecule has 2 amide bonds. The van der Waals surface area contributed by atoms with Crippen molar-refractivity contribution in [2.24, 2.45) is 10.9 Å². The van der Waals surface area contributed by atoms with Crippen molar-refractivity contribution in [3.63, 3.8) is 0 Å². The van der Waals surface area contributed by atoms with Gasteiger partial charge in [0.25, 0.3) is 11.8 Å². The van der Waals surface area contributed by atoms with E-state index in [1.54, 1.807) is 0 Å². The molecule has 14 nitrogen and oxygen atoms in total. The van der Waals surface area contributed by atoms with E-state index < -0.39 is 29.2 Å². The number of thiazole rings is 1. The number of aromatic nitrogens is 3. The molecule has 2 aromatic heterocycles. The summed E-state index contributed by atoms with van der Waals surface area (Å²) in [6.45, 7) is 0. The number of hydrogen-bond acceptors (Lipinski definition) is 14. The van der Waals surface area contributed by atoms with Gasteiger partial charge in [-0.3, -0.25) is 19.9 Å². The Labute approximate surface area is 213 Å². The number of carboxylic acids is 1. The molecule has 2 aliphatic rings. The van der Waals surface area contributed by atoms with Crippen LogP contribution >= 0.6 is 46.2 Å². The highest BCUT2D eigenvalue weighted by atomic mass is 32.2. The predicted molar refractivity (Wildman–Crippen MR) is 131 cm³/mol. The first-order chi connectivity index (χ1) is 16.7. The molecule has 1 saturated heterocycles. The summed E-state index contributed by atoms with van der Waals surface area (Å²) >= 11 is 4.81. The van der Waals surface area contributed by atoms with Crippen molar-refractivity contribution in [2.45, 2.75) is 15.8 Å². The topological polar surface area (TPSA) is 223 Å². The van der Waals surface area contributed by atoms with Crippen molar-refractivity contribution < 1.29 is 24.3 Å². The lowest BCUT2D eigenvalue weighted by Gasteiger charge is -2.49. The Kier molecular flexibility index (Phi) is 7.24. The number of amidine groups is 1. The number of β-lactam (4-membered cyclic amide) rings is 1. The third-order valence-corrected chi connectivity index (χ3v) is 8.90. The molecule has 0 unspecified atom stereocenters. The van der Waals surface area contributed by atoms with Gasteiger partial charge in [-0.05, 0) is 5.57 Å². The molecule has 18 heteroatoms. The van der Waals surface area contributed by atoms with Crippen LogP contribution in [0.1, 0.15) is 10.7 Å². The SMILES string of the molecule is CON=C(C(=O)N[C@@H]1C(=O)N2C(C(=O)O)=C(CSc3nnc(C(=N)N)s3)CS[C@@H]12)c1csc(N)n1. The minimum atomic E-state index is -1.25. The molecule has 7 N–H and O–H groups in total. The van der Waals surface area contributed by atoms with Crippen LogP contribution in [0.15, 0.2) is 26.1 Å². The maximum absolute atomic E-state index is 12.9. The normalized spacial score (nSPS) is 19.7. The van der Waals surface area contributed by atoms with E-state index in [1.165, 1.54) is 40.9 Å². The number of rotatable bonds is 9. The lowest BCUT2D eigenvalue weighted by Crippen LogP contribution is -2.71. The van der Waals surface area contributed by atoms with Crippen LogP contribution in [-0.4, -0.2) is 84.5 Å². The molecule has 2 aromatic rings. The third-order valence-electron chi connectivity index (χ3n) is 4.71. The molecule has 1 fully saturated rings. The summed E-state index contributed by atoms with van der Waals surface area (Å²) in [5.74, 6) is -2.12. The van der Waals surface area contributed by atoms with Gasteiger partial charge in [-0.2, -0.15) is 0 Å². The number of fused-ring (bicyclic) bond motifs is 1. The molecule has 2 aliphatic heterocycles. The Balaban J connectivity index is 1.48. The highest BCUT2D eigenvalue weighted by molar-refractivity contribution is 8.01. The van der Waals surface area contributed by atoms with Gasteiger partial charge in [-0.1, -0.05) is 28.3 Å². The maximum atomic E-state index is 12.9. The summed E-state index contributed by atoms with van der Waals surface area (Å²) < 4.78 is 0.521. The number of nitrogens with zero attached hydrogens (tertiary/aromatic N) is 5. The van der Waals surface area contributed by atoms with Gasteiger partial charge in [-0.25, -0.2) is 9.78 Å². The van der Waals surface area contributed by atoms with Crippen molar-refractivity contribution in [3.05, 3.63) is 27.4 Å². The quantitative estimate of drug-likeness (QED) is 0.0887. The van der Waals surface area contributed by atoms with Crippen molar-refractivity contribution in [3.8, 4) is 0 Å². The Morgan fingerprint density at radius 2 is 2.23 bits per heavy atom. The van der Waals surface area contributed by atoms with Crippen molar-refractivity contribution >= 4 is 80.7 Å². The summed E-state index contributed by atoms with van der Waals surface area (Å²) in [6.07, 6.45) is 0. The van der Waals surface area contributed by atoms with Gasteiger partial charge in [0.2, 0.25) is 0 Å². The summed E-state index contributed by atoms with van der Waals surface area (Å²) in [4.78, 5) is 47.7. The number of hydrogen-bond donors (Lipinski definition) is 5. The van der Waals surface area contributed by atoms with Gasteiger partial charge in [-0.15, -0.1) is 33.3 Å². The number of anilines is 1. The smallest absolute Gasteiger partial charge is 0.352 e. The van der Waals surface area contributed by atoms with Gasteiger partial charge in [0.15, 0.2) is 26.0 Å². The molecule has 0 radical (unpaired) electrons. The highest BCUT2D eigenvalue weighted by Crippen LogP contribution is 2.41. The van der Waals surface area contributed by atoms with E-state index >= 15 is 0 Å². The molecule has 4 rings (SSSR count). The van der Waals surface area contributed by atoms with Gasteiger partial charge in [0.1, 0.15) is 29.9 Å². The molecule has 0 aromatic carbocycles. The monoisotopic (exact) mass is 555 g/mol. The second-order valence-corrected chi connectivity index (χ2v) is 11.1. The Morgan fingerprint density at radius 1 is 1.46 bits per heavy atom. The lowest BCUT2D eigenvalue weighted by molar-refractivity contribution is -0.150. The number of nitrogens with one attached hydrogen (secondary N) is 2. The van der Waals surface area contributed by atoms with E-state index in [2.05, 4.69) is 25.7 Å². The van der Waals surface area contributed by atoms with Crippen LogP contribution in [0.5, 0.6) is 0 Å². The highest BCUT2D eigenvalue weighted by Gasteiger charge is 2.54. The zero-order valence-corrected chi connectivity index (χ0v) is 21.0. The Morgan fingerprint density at radius 3 is 2.83 bits per heavy atom. The Hall–Kier alpha value is -3.22. The molecule has 0 aliphatic carbocycles. The van der Waals surface area contributed by atoms with Crippen molar-refractivity contribution in [1.29, 1.82) is 5.41 Å². The number of thioether (sulfide) groups is 2. The van der Waals surface area contributed by atoms with Crippen LogP contribution in [0, 0.1) is 5.41 Å². The number of amides is 2. The van der Waals surface area contributed by atoms with E-state index in [0.29, 0.717) is 15.7 Å². The standard InChI is InChI=1S/C17H17N9O5S4/c1-31-25-7(6-4-33-16(20)21-6)11(27)22-8-13(28)26-9(15(29)30)5(2-32-14(8)26)3-34-17-24-23-12(35-17)10(18)19/h4,8,14H,2-3H2,1H3,(H3,18,19)(H2,20,21)(H,22,27)(H,29,30)/t8-,14+/m1/s1. The fourth-order valence-corrected chi connectivity index (χ4v) is 6.97. The van der Waals surface area contributed by atoms with Crippen LogP contribution in [0.25, 0.3) is 0 Å². The zero-order valence-electron chi connectivity index (χ0n) is 17.8. The number of nitrogen functional groups attached to an aromatic ring is 2. The summed E-state index contributed by atoms with van der Waals surface area (Å²) in [6, 6.07) is -0.949. The van der Waals surface area contributed by atoms with E-state index in [4.69, 9.17) is 21.7 Å². The second-order valence-electron chi connectivity index (χ2n) is 6.89. The first-order valence-electron chi connectivity index (χ1n) is 9.55. The number of aliphatic carboxylic acids is 1. The average Bonchev–Trinajstić information content (AvgIpc) is 3.47. The molecule has 2 atom stereocenters. The number of oxime groups is 1. The number of nitrogens with two attached hydrogens (primary N) is 2. The van der Waals surface area contributed by atoms with Gasteiger partial charge < -0.3 is 26.7 Å². The van der Waals surface area contributed by atoms with Crippen LogP contribution in [-0.2, 0) is 19.2 Å². The largest absolute Gasteiger partial charge is 0.477 e. The third kappa shape index (κ3) is 4.95. The molecular formula is C17H17N9O5S4. The van der Waals surface area contributed by atoms with Gasteiger partial charge >= 0.3 is 5.97 Å². The molecule has 35 heavy (non-hydrogen) atoms. The number of carboxylic acid groups (broad SMARTS) is 1. The molecule has 184 valence electrons. The molecule has 4 heterocycles. The second kappa shape index (κ2) is 10.2. The zero-order chi connectivity index (χ0) is 25.3. The maximum Gasteiger partial charge on any atom is 0.352 e. The Bertz CT molecular complexity index is 1270. The minimum absolute atomic E-state index is 0.119. The first-order valence-corrected chi connectivity index (χ1v) is 13.3. The average molecular weight is 556 g/mol. The minimum Gasteiger partial charge on any atom is -0.477 e. The predicted octanol–water partition coefficient (Wildman–Crippen LogP) is -0.258. The fraction of sp³-hybridized carbons (Fsp3) is 0.294. The summed E-state index contributed by atoms with van der Waals surface area (Å²) in [7, 11) is 1.27. The number of carbonyl (C=O) groups is 3. The van der Waals surface area contributed by atoms with Crippen molar-refractivity contribution in [1.82, 2.24) is 25.4 Å². The molecular weight excluding hydrogens is 539 g/mol. The summed E-state index contributed by atoms with van der Waals surface area (Å²) in [5, 5.41) is 32.7. The molecule has 0 spiro atoms. The van der Waals surface area contributed by atoms with E-state index in [1.807, 2.05) is 0 Å². The fourth-order valence-electron chi connectivity index (χ4n) is 3.22. The van der Waals surface area contributed by atoms with Crippen LogP contribution in [0.4, 0.5) is 5.13 Å². The molecule has 0 saturated carbocycles. The van der Waals surface area contributed by atoms with Crippen LogP contribution < -0.4 is 16.8 Å². The first kappa shape index (κ1) is 24.9. The lowest BCUT2D eigenvalue weighted by atomic mass is 10.0. The van der Waals surface area contributed by atoms with E-state index in [-0.39, 0.29) is 38.8 Å². The summed E-state index contributed by atoms with van der Waals surface area (Å²) in [5.41, 5.74) is 11.5. The van der Waals surface area contributed by atoms with Crippen LogP contribution in [0.3, 0.4) is 0 Å². The van der Waals surface area contributed by atoms with E-state index in [9.17, 15) is 19.5 Å². The van der Waals surface area contributed by atoms with Gasteiger partial charge in [0, 0.05) is 16.9 Å². The van der Waals surface area contributed by atoms with E-state index in [0.717, 1.165) is 22.7 Å². The molecule has 0 bridgehead atoms. The van der Waals surface area contributed by atoms with Gasteiger partial charge in [0.05, 0.1) is 0 Å². The number of carbonyl (C=O) groups excluding carboxylic acids is 2. The van der Waals surface area contributed by atoms with Crippen LogP contribution in [0.2, 0.25) is 0 Å². The van der Waals surface area contributed by atoms with Crippen molar-refractivity contribution in [2.75, 3.05) is 24.3 Å².